The Hall–Kier alpha value is -3.46. The second kappa shape index (κ2) is 6.61. The SMILES string of the molecule is Cc1oc(-c2ccccc2)nc1C1=C(c2cccc3ccccc23)C(=O)CC1. The fourth-order valence-electron chi connectivity index (χ4n) is 4.03. The number of aryl methyl sites for hydroxylation is 1. The summed E-state index contributed by atoms with van der Waals surface area (Å²) in [6.45, 7) is 1.92. The van der Waals surface area contributed by atoms with E-state index in [9.17, 15) is 4.79 Å². The number of oxazole rings is 1. The third-order valence-corrected chi connectivity index (χ3v) is 5.34. The van der Waals surface area contributed by atoms with E-state index in [1.807, 2.05) is 61.5 Å². The van der Waals surface area contributed by atoms with Gasteiger partial charge >= 0.3 is 0 Å². The van der Waals surface area contributed by atoms with Crippen molar-refractivity contribution in [2.45, 2.75) is 19.8 Å². The van der Waals surface area contributed by atoms with Gasteiger partial charge in [-0.05, 0) is 47.4 Å². The van der Waals surface area contributed by atoms with Crippen LogP contribution in [-0.4, -0.2) is 10.8 Å². The van der Waals surface area contributed by atoms with Crippen LogP contribution in [0.15, 0.2) is 77.2 Å². The van der Waals surface area contributed by atoms with Crippen LogP contribution in [0.2, 0.25) is 0 Å². The van der Waals surface area contributed by atoms with Crippen molar-refractivity contribution in [3.8, 4) is 11.5 Å². The van der Waals surface area contributed by atoms with Crippen molar-refractivity contribution in [2.24, 2.45) is 0 Å². The Kier molecular flexibility index (Phi) is 3.94. The molecular formula is C25H19NO2. The molecule has 3 aromatic carbocycles. The highest BCUT2D eigenvalue weighted by Crippen LogP contribution is 2.41. The number of Topliss-reactive ketones (excluding diaryl/α,β-unsaturated/α-hetero) is 1. The van der Waals surface area contributed by atoms with Gasteiger partial charge in [0.15, 0.2) is 5.78 Å². The Morgan fingerprint density at radius 1 is 0.857 bits per heavy atom. The molecule has 1 heterocycles. The molecule has 0 aliphatic heterocycles. The van der Waals surface area contributed by atoms with E-state index in [2.05, 4.69) is 18.2 Å². The maximum absolute atomic E-state index is 12.9. The number of carbonyl (C=O) groups is 1. The zero-order valence-electron chi connectivity index (χ0n) is 15.6. The van der Waals surface area contributed by atoms with Gasteiger partial charge < -0.3 is 4.42 Å². The van der Waals surface area contributed by atoms with Crippen LogP contribution in [-0.2, 0) is 4.79 Å². The number of ketones is 1. The largest absolute Gasteiger partial charge is 0.441 e. The number of aromatic nitrogens is 1. The summed E-state index contributed by atoms with van der Waals surface area (Å²) in [5.74, 6) is 1.52. The molecule has 0 spiro atoms. The van der Waals surface area contributed by atoms with Gasteiger partial charge in [0.25, 0.3) is 0 Å². The lowest BCUT2D eigenvalue weighted by Gasteiger charge is -2.09. The lowest BCUT2D eigenvalue weighted by Crippen LogP contribution is -1.97. The van der Waals surface area contributed by atoms with Gasteiger partial charge in [-0.25, -0.2) is 4.98 Å². The van der Waals surface area contributed by atoms with Crippen LogP contribution in [0.4, 0.5) is 0 Å². The number of rotatable bonds is 3. The molecule has 0 radical (unpaired) electrons. The van der Waals surface area contributed by atoms with E-state index < -0.39 is 0 Å². The van der Waals surface area contributed by atoms with Crippen LogP contribution in [0.1, 0.15) is 29.9 Å². The first-order valence-corrected chi connectivity index (χ1v) is 9.50. The van der Waals surface area contributed by atoms with Gasteiger partial charge in [0, 0.05) is 17.6 Å². The van der Waals surface area contributed by atoms with Crippen LogP contribution in [0.5, 0.6) is 0 Å². The van der Waals surface area contributed by atoms with E-state index in [0.717, 1.165) is 44.5 Å². The third kappa shape index (κ3) is 2.67. The zero-order valence-corrected chi connectivity index (χ0v) is 15.6. The molecule has 4 aromatic rings. The van der Waals surface area contributed by atoms with E-state index >= 15 is 0 Å². The quantitative estimate of drug-likeness (QED) is 0.442. The number of hydrogen-bond donors (Lipinski definition) is 0. The summed E-state index contributed by atoms with van der Waals surface area (Å²) in [6.07, 6.45) is 1.21. The normalized spacial score (nSPS) is 14.2. The van der Waals surface area contributed by atoms with Crippen molar-refractivity contribution in [1.29, 1.82) is 0 Å². The highest BCUT2D eigenvalue weighted by molar-refractivity contribution is 6.33. The topological polar surface area (TPSA) is 43.1 Å². The Morgan fingerprint density at radius 2 is 1.61 bits per heavy atom. The summed E-state index contributed by atoms with van der Waals surface area (Å²) in [4.78, 5) is 17.6. The fraction of sp³-hybridized carbons (Fsp3) is 0.120. The minimum Gasteiger partial charge on any atom is -0.441 e. The van der Waals surface area contributed by atoms with Crippen LogP contribution in [0.3, 0.4) is 0 Å². The average Bonchev–Trinajstić information content (AvgIpc) is 3.30. The molecular weight excluding hydrogens is 346 g/mol. The monoisotopic (exact) mass is 365 g/mol. The molecule has 1 aromatic heterocycles. The fourth-order valence-corrected chi connectivity index (χ4v) is 4.03. The molecule has 0 saturated heterocycles. The molecule has 0 amide bonds. The summed E-state index contributed by atoms with van der Waals surface area (Å²) >= 11 is 0. The zero-order chi connectivity index (χ0) is 19.1. The van der Waals surface area contributed by atoms with E-state index in [0.29, 0.717) is 18.7 Å². The lowest BCUT2D eigenvalue weighted by molar-refractivity contribution is -0.113. The average molecular weight is 365 g/mol. The van der Waals surface area contributed by atoms with Crippen molar-refractivity contribution in [3.63, 3.8) is 0 Å². The standard InChI is InChI=1S/C25H19NO2/c1-16-24(26-25(28-16)18-9-3-2-4-10-18)21-14-15-22(27)23(21)20-13-7-11-17-8-5-6-12-19(17)20/h2-13H,14-15H2,1H3. The predicted octanol–water partition coefficient (Wildman–Crippen LogP) is 6.08. The summed E-state index contributed by atoms with van der Waals surface area (Å²) in [7, 11) is 0. The van der Waals surface area contributed by atoms with Crippen LogP contribution in [0.25, 0.3) is 33.4 Å². The number of fused-ring (bicyclic) bond motifs is 1. The molecule has 3 heteroatoms. The predicted molar refractivity (Wildman–Crippen MR) is 112 cm³/mol. The van der Waals surface area contributed by atoms with E-state index in [-0.39, 0.29) is 5.78 Å². The van der Waals surface area contributed by atoms with Gasteiger partial charge in [0.05, 0.1) is 0 Å². The highest BCUT2D eigenvalue weighted by Gasteiger charge is 2.29. The molecule has 0 bridgehead atoms. The maximum Gasteiger partial charge on any atom is 0.226 e. The summed E-state index contributed by atoms with van der Waals surface area (Å²) in [5, 5.41) is 2.23. The number of hydrogen-bond acceptors (Lipinski definition) is 3. The van der Waals surface area contributed by atoms with E-state index in [4.69, 9.17) is 9.40 Å². The van der Waals surface area contributed by atoms with Gasteiger partial charge in [-0.1, -0.05) is 60.7 Å². The Balaban J connectivity index is 1.71. The van der Waals surface area contributed by atoms with Gasteiger partial charge in [-0.3, -0.25) is 4.79 Å². The van der Waals surface area contributed by atoms with E-state index in [1.165, 1.54) is 0 Å². The maximum atomic E-state index is 12.9. The number of benzene rings is 3. The minimum atomic E-state index is 0.176. The smallest absolute Gasteiger partial charge is 0.226 e. The van der Waals surface area contributed by atoms with Gasteiger partial charge in [0.1, 0.15) is 11.5 Å². The number of allylic oxidation sites excluding steroid dienone is 2. The summed E-state index contributed by atoms with van der Waals surface area (Å²) < 4.78 is 5.96. The molecule has 1 aliphatic rings. The van der Waals surface area contributed by atoms with Gasteiger partial charge in [0.2, 0.25) is 5.89 Å². The molecule has 5 rings (SSSR count). The first-order chi connectivity index (χ1) is 13.7. The second-order valence-corrected chi connectivity index (χ2v) is 7.09. The third-order valence-electron chi connectivity index (χ3n) is 5.34. The molecule has 0 saturated carbocycles. The first-order valence-electron chi connectivity index (χ1n) is 9.50. The van der Waals surface area contributed by atoms with Crippen molar-refractivity contribution >= 4 is 27.7 Å². The molecule has 0 fully saturated rings. The molecule has 28 heavy (non-hydrogen) atoms. The Bertz CT molecular complexity index is 1230. The molecule has 0 unspecified atom stereocenters. The van der Waals surface area contributed by atoms with Crippen LogP contribution in [0, 0.1) is 6.92 Å². The van der Waals surface area contributed by atoms with Crippen molar-refractivity contribution < 1.29 is 9.21 Å². The lowest BCUT2D eigenvalue weighted by atomic mass is 9.94. The highest BCUT2D eigenvalue weighted by atomic mass is 16.4. The number of carbonyl (C=O) groups excluding carboxylic acids is 1. The Morgan fingerprint density at radius 3 is 2.46 bits per heavy atom. The van der Waals surface area contributed by atoms with Crippen molar-refractivity contribution in [3.05, 3.63) is 89.8 Å². The second-order valence-electron chi connectivity index (χ2n) is 7.09. The minimum absolute atomic E-state index is 0.176. The molecule has 3 nitrogen and oxygen atoms in total. The van der Waals surface area contributed by atoms with Crippen LogP contribution >= 0.6 is 0 Å². The molecule has 136 valence electrons. The summed E-state index contributed by atoms with van der Waals surface area (Å²) in [6, 6.07) is 24.2. The Labute approximate surface area is 163 Å². The summed E-state index contributed by atoms with van der Waals surface area (Å²) in [5.41, 5.74) is 4.50. The van der Waals surface area contributed by atoms with Crippen LogP contribution < -0.4 is 0 Å². The van der Waals surface area contributed by atoms with E-state index in [1.54, 1.807) is 0 Å². The first kappa shape index (κ1) is 16.7. The van der Waals surface area contributed by atoms with Gasteiger partial charge in [-0.2, -0.15) is 0 Å². The van der Waals surface area contributed by atoms with Crippen molar-refractivity contribution in [2.75, 3.05) is 0 Å². The van der Waals surface area contributed by atoms with Crippen molar-refractivity contribution in [1.82, 2.24) is 4.98 Å². The molecule has 0 N–H and O–H groups in total. The molecule has 0 atom stereocenters. The van der Waals surface area contributed by atoms with Gasteiger partial charge in [-0.15, -0.1) is 0 Å². The molecule has 1 aliphatic carbocycles. The number of nitrogens with zero attached hydrogens (tertiary/aromatic N) is 1.